The molecule has 0 amide bonds. The molecular formula is C15H22BrCl2N. The summed E-state index contributed by atoms with van der Waals surface area (Å²) in [6.45, 7) is 4.43. The highest BCUT2D eigenvalue weighted by molar-refractivity contribution is 9.10. The van der Waals surface area contributed by atoms with Gasteiger partial charge in [0.1, 0.15) is 0 Å². The fraction of sp³-hybridized carbons (Fsp3) is 0.600. The lowest BCUT2D eigenvalue weighted by molar-refractivity contribution is 0.578. The topological polar surface area (TPSA) is 12.0 Å². The van der Waals surface area contributed by atoms with E-state index in [0.717, 1.165) is 16.6 Å². The molecule has 1 unspecified atom stereocenters. The molecule has 19 heavy (non-hydrogen) atoms. The summed E-state index contributed by atoms with van der Waals surface area (Å²) in [7, 11) is 0. The normalized spacial score (nSPS) is 12.5. The monoisotopic (exact) mass is 365 g/mol. The maximum Gasteiger partial charge on any atom is 0.0835 e. The van der Waals surface area contributed by atoms with Crippen molar-refractivity contribution in [2.45, 2.75) is 58.4 Å². The molecule has 0 spiro atoms. The molecule has 0 saturated carbocycles. The van der Waals surface area contributed by atoms with E-state index in [0.29, 0.717) is 16.1 Å². The van der Waals surface area contributed by atoms with Gasteiger partial charge < -0.3 is 5.32 Å². The Balaban J connectivity index is 2.40. The third kappa shape index (κ3) is 5.93. The molecule has 108 valence electrons. The third-order valence-corrected chi connectivity index (χ3v) is 4.95. The van der Waals surface area contributed by atoms with E-state index in [2.05, 4.69) is 35.1 Å². The standard InChI is InChI=1S/C15H22BrCl2N/c1-3-4-5-6-7-8-11(2)19-13-10-9-12(16)14(17)15(13)18/h9-11,19H,3-8H2,1-2H3. The average molecular weight is 367 g/mol. The van der Waals surface area contributed by atoms with Crippen LogP contribution in [0.5, 0.6) is 0 Å². The molecule has 0 saturated heterocycles. The van der Waals surface area contributed by atoms with Gasteiger partial charge in [0.25, 0.3) is 0 Å². The van der Waals surface area contributed by atoms with Crippen LogP contribution in [0.25, 0.3) is 0 Å². The number of benzene rings is 1. The van der Waals surface area contributed by atoms with E-state index in [4.69, 9.17) is 23.2 Å². The molecule has 0 heterocycles. The predicted molar refractivity (Wildman–Crippen MR) is 90.6 cm³/mol. The summed E-state index contributed by atoms with van der Waals surface area (Å²) in [5, 5.41) is 4.59. The maximum absolute atomic E-state index is 6.22. The molecule has 1 aromatic rings. The highest BCUT2D eigenvalue weighted by Crippen LogP contribution is 2.36. The Labute approximate surface area is 135 Å². The molecule has 4 heteroatoms. The summed E-state index contributed by atoms with van der Waals surface area (Å²) in [5.74, 6) is 0. The van der Waals surface area contributed by atoms with E-state index in [1.165, 1.54) is 32.1 Å². The van der Waals surface area contributed by atoms with Crippen molar-refractivity contribution in [1.29, 1.82) is 0 Å². The fourth-order valence-corrected chi connectivity index (χ4v) is 2.86. The van der Waals surface area contributed by atoms with Crippen molar-refractivity contribution in [1.82, 2.24) is 0 Å². The molecule has 1 atom stereocenters. The molecule has 1 nitrogen and oxygen atoms in total. The number of anilines is 1. The van der Waals surface area contributed by atoms with Crippen molar-refractivity contribution in [3.8, 4) is 0 Å². The molecule has 0 aromatic heterocycles. The quantitative estimate of drug-likeness (QED) is 0.389. The number of unbranched alkanes of at least 4 members (excludes halogenated alkanes) is 4. The van der Waals surface area contributed by atoms with Crippen LogP contribution in [0.1, 0.15) is 52.4 Å². The van der Waals surface area contributed by atoms with E-state index in [9.17, 15) is 0 Å². The Morgan fingerprint density at radius 2 is 1.79 bits per heavy atom. The first kappa shape index (κ1) is 17.1. The van der Waals surface area contributed by atoms with E-state index in [1.54, 1.807) is 0 Å². The van der Waals surface area contributed by atoms with Gasteiger partial charge in [-0.1, -0.05) is 62.2 Å². The summed E-state index contributed by atoms with van der Waals surface area (Å²) in [6, 6.07) is 4.30. The largest absolute Gasteiger partial charge is 0.381 e. The average Bonchev–Trinajstić information content (AvgIpc) is 2.39. The summed E-state index contributed by atoms with van der Waals surface area (Å²) in [5.41, 5.74) is 0.913. The van der Waals surface area contributed by atoms with Crippen LogP contribution < -0.4 is 5.32 Å². The van der Waals surface area contributed by atoms with Gasteiger partial charge in [-0.2, -0.15) is 0 Å². The van der Waals surface area contributed by atoms with Gasteiger partial charge in [0.05, 0.1) is 15.7 Å². The summed E-state index contributed by atoms with van der Waals surface area (Å²) in [4.78, 5) is 0. The van der Waals surface area contributed by atoms with Crippen molar-refractivity contribution in [2.24, 2.45) is 0 Å². The van der Waals surface area contributed by atoms with Crippen LogP contribution in [0.15, 0.2) is 16.6 Å². The first-order valence-electron chi connectivity index (χ1n) is 6.96. The maximum atomic E-state index is 6.22. The second kappa shape index (κ2) is 9.10. The lowest BCUT2D eigenvalue weighted by Gasteiger charge is -2.17. The zero-order valence-electron chi connectivity index (χ0n) is 11.6. The molecular weight excluding hydrogens is 345 g/mol. The van der Waals surface area contributed by atoms with Gasteiger partial charge in [-0.15, -0.1) is 0 Å². The van der Waals surface area contributed by atoms with Gasteiger partial charge in [0.2, 0.25) is 0 Å². The Hall–Kier alpha value is 0.0800. The molecule has 0 fully saturated rings. The van der Waals surface area contributed by atoms with Gasteiger partial charge >= 0.3 is 0 Å². The molecule has 1 rings (SSSR count). The fourth-order valence-electron chi connectivity index (χ4n) is 2.03. The second-order valence-corrected chi connectivity index (χ2v) is 6.58. The van der Waals surface area contributed by atoms with Gasteiger partial charge in [-0.25, -0.2) is 0 Å². The lowest BCUT2D eigenvalue weighted by atomic mass is 10.1. The third-order valence-electron chi connectivity index (χ3n) is 3.18. The summed E-state index contributed by atoms with van der Waals surface area (Å²) in [6.07, 6.45) is 7.71. The highest BCUT2D eigenvalue weighted by atomic mass is 79.9. The number of hydrogen-bond donors (Lipinski definition) is 1. The zero-order valence-corrected chi connectivity index (χ0v) is 14.7. The van der Waals surface area contributed by atoms with Crippen molar-refractivity contribution in [2.75, 3.05) is 5.32 Å². The molecule has 1 N–H and O–H groups in total. The van der Waals surface area contributed by atoms with Crippen molar-refractivity contribution >= 4 is 44.8 Å². The first-order chi connectivity index (χ1) is 9.06. The number of rotatable bonds is 8. The smallest absolute Gasteiger partial charge is 0.0835 e. The number of hydrogen-bond acceptors (Lipinski definition) is 1. The van der Waals surface area contributed by atoms with Crippen LogP contribution >= 0.6 is 39.1 Å². The molecule has 0 bridgehead atoms. The van der Waals surface area contributed by atoms with Crippen molar-refractivity contribution in [3.63, 3.8) is 0 Å². The van der Waals surface area contributed by atoms with Crippen LogP contribution in [0, 0.1) is 0 Å². The number of halogens is 3. The van der Waals surface area contributed by atoms with Crippen LogP contribution in [-0.2, 0) is 0 Å². The van der Waals surface area contributed by atoms with Gasteiger partial charge in [0, 0.05) is 10.5 Å². The number of nitrogens with one attached hydrogen (secondary N) is 1. The SMILES string of the molecule is CCCCCCCC(C)Nc1ccc(Br)c(Cl)c1Cl. The lowest BCUT2D eigenvalue weighted by Crippen LogP contribution is -2.15. The Kier molecular flexibility index (Phi) is 8.20. The van der Waals surface area contributed by atoms with E-state index in [-0.39, 0.29) is 0 Å². The van der Waals surface area contributed by atoms with E-state index < -0.39 is 0 Å². The van der Waals surface area contributed by atoms with Crippen molar-refractivity contribution < 1.29 is 0 Å². The van der Waals surface area contributed by atoms with E-state index in [1.807, 2.05) is 12.1 Å². The van der Waals surface area contributed by atoms with Gasteiger partial charge in [0.15, 0.2) is 0 Å². The van der Waals surface area contributed by atoms with Crippen LogP contribution in [0.3, 0.4) is 0 Å². The Bertz CT molecular complexity index is 396. The molecule has 0 aliphatic rings. The molecule has 0 aliphatic carbocycles. The predicted octanol–water partition coefficient (Wildman–Crippen LogP) is 6.92. The van der Waals surface area contributed by atoms with E-state index >= 15 is 0 Å². The Morgan fingerprint density at radius 1 is 1.11 bits per heavy atom. The minimum Gasteiger partial charge on any atom is -0.381 e. The second-order valence-electron chi connectivity index (χ2n) is 4.97. The minimum absolute atomic E-state index is 0.413. The van der Waals surface area contributed by atoms with Crippen LogP contribution in [0.4, 0.5) is 5.69 Å². The first-order valence-corrected chi connectivity index (χ1v) is 8.51. The van der Waals surface area contributed by atoms with Gasteiger partial charge in [-0.05, 0) is 41.4 Å². The van der Waals surface area contributed by atoms with Crippen molar-refractivity contribution in [3.05, 3.63) is 26.7 Å². The summed E-state index contributed by atoms with van der Waals surface area (Å²) < 4.78 is 0.830. The Morgan fingerprint density at radius 3 is 2.47 bits per heavy atom. The minimum atomic E-state index is 0.413. The molecule has 0 radical (unpaired) electrons. The highest BCUT2D eigenvalue weighted by Gasteiger charge is 2.10. The van der Waals surface area contributed by atoms with Gasteiger partial charge in [-0.3, -0.25) is 0 Å². The molecule has 1 aromatic carbocycles. The zero-order chi connectivity index (χ0) is 14.3. The van der Waals surface area contributed by atoms with Crippen LogP contribution in [-0.4, -0.2) is 6.04 Å². The summed E-state index contributed by atoms with van der Waals surface area (Å²) >= 11 is 15.7. The molecule has 0 aliphatic heterocycles. The van der Waals surface area contributed by atoms with Crippen LogP contribution in [0.2, 0.25) is 10.0 Å².